The Morgan fingerprint density at radius 2 is 1.22 bits per heavy atom. The second-order valence-corrected chi connectivity index (χ2v) is 24.0. The zero-order valence-corrected chi connectivity index (χ0v) is 26.8. The first-order chi connectivity index (χ1) is 17.0. The standard InChI is InChI=1S/C21H25.C11H9.C3H6.Hf/c1-20(2,3)16-7-9-18-14(12-16)11-15-13-17(21(4,5)6)8-10-19(15)18;1-2-6-10(7-3-1)11-8-4-5-9-11;1-3-2;/h7-13H,1-6H3;1-9H;1-2H3;. The summed E-state index contributed by atoms with van der Waals surface area (Å²) in [4.78, 5) is 0. The van der Waals surface area contributed by atoms with Crippen molar-refractivity contribution in [1.29, 1.82) is 0 Å². The summed E-state index contributed by atoms with van der Waals surface area (Å²) in [6.45, 7) is 19.0. The molecule has 0 N–H and O–H groups in total. The molecule has 2 aliphatic rings. The number of hydrogen-bond donors (Lipinski definition) is 0. The van der Waals surface area contributed by atoms with Crippen LogP contribution in [-0.4, -0.2) is 3.26 Å². The summed E-state index contributed by atoms with van der Waals surface area (Å²) in [6.07, 6.45) is 7.26. The van der Waals surface area contributed by atoms with Gasteiger partial charge in [-0.3, -0.25) is 0 Å². The third-order valence-corrected chi connectivity index (χ3v) is 20.8. The topological polar surface area (TPSA) is 0 Å². The van der Waals surface area contributed by atoms with Crippen molar-refractivity contribution in [3.8, 4) is 11.1 Å². The first kappa shape index (κ1) is 25.5. The second-order valence-electron chi connectivity index (χ2n) is 12.8. The van der Waals surface area contributed by atoms with Gasteiger partial charge in [0.2, 0.25) is 0 Å². The van der Waals surface area contributed by atoms with Crippen molar-refractivity contribution < 1.29 is 21.0 Å². The van der Waals surface area contributed by atoms with Gasteiger partial charge in [0.15, 0.2) is 0 Å². The molecular formula is C35H40Hf. The maximum absolute atomic E-state index is 2.58. The molecule has 0 heterocycles. The molecule has 0 nitrogen and oxygen atoms in total. The monoisotopic (exact) mass is 640 g/mol. The summed E-state index contributed by atoms with van der Waals surface area (Å²) in [5, 5.41) is 0. The molecule has 0 aliphatic heterocycles. The van der Waals surface area contributed by atoms with Crippen molar-refractivity contribution in [2.45, 2.75) is 73.6 Å². The molecule has 3 aromatic rings. The van der Waals surface area contributed by atoms with E-state index in [9.17, 15) is 0 Å². The molecule has 0 saturated heterocycles. The molecule has 1 atom stereocenters. The number of hydrogen-bond acceptors (Lipinski definition) is 0. The van der Waals surface area contributed by atoms with Gasteiger partial charge in [-0.1, -0.05) is 0 Å². The van der Waals surface area contributed by atoms with Crippen molar-refractivity contribution in [1.82, 2.24) is 0 Å². The Bertz CT molecular complexity index is 1330. The number of allylic oxidation sites excluding steroid dienone is 4. The van der Waals surface area contributed by atoms with Crippen molar-refractivity contribution in [3.05, 3.63) is 113 Å². The minimum absolute atomic E-state index is 0.142. The molecule has 1 unspecified atom stereocenters. The van der Waals surface area contributed by atoms with Crippen LogP contribution in [0.15, 0.2) is 85.0 Å². The molecule has 3 aromatic carbocycles. The van der Waals surface area contributed by atoms with E-state index >= 15 is 0 Å². The molecule has 1 heteroatoms. The first-order valence-corrected chi connectivity index (χ1v) is 19.3. The van der Waals surface area contributed by atoms with E-state index in [-0.39, 0.29) is 10.8 Å². The van der Waals surface area contributed by atoms with Gasteiger partial charge in [-0.25, -0.2) is 0 Å². The van der Waals surface area contributed by atoms with Crippen LogP contribution in [0.1, 0.15) is 86.9 Å². The fourth-order valence-corrected chi connectivity index (χ4v) is 19.0. The van der Waals surface area contributed by atoms with Gasteiger partial charge in [0.05, 0.1) is 0 Å². The van der Waals surface area contributed by atoms with Crippen LogP contribution in [0, 0.1) is 0 Å². The van der Waals surface area contributed by atoms with E-state index in [0.717, 1.165) is 0 Å². The summed E-state index contributed by atoms with van der Waals surface area (Å²) >= 11 is -2.51. The summed E-state index contributed by atoms with van der Waals surface area (Å²) < 4.78 is 2.83. The molecule has 184 valence electrons. The van der Waals surface area contributed by atoms with Crippen molar-refractivity contribution >= 4 is 8.83 Å². The van der Waals surface area contributed by atoms with Gasteiger partial charge in [-0.15, -0.1) is 0 Å². The number of fused-ring (bicyclic) bond motifs is 3. The number of benzene rings is 3. The molecule has 0 radical (unpaired) electrons. The van der Waals surface area contributed by atoms with Crippen molar-refractivity contribution in [3.63, 3.8) is 0 Å². The number of rotatable bonds is 3. The molecule has 2 aliphatic carbocycles. The molecule has 0 bridgehead atoms. The van der Waals surface area contributed by atoms with E-state index in [4.69, 9.17) is 0 Å². The molecule has 0 spiro atoms. The molecule has 0 amide bonds. The van der Waals surface area contributed by atoms with Crippen LogP contribution in [-0.2, 0) is 31.8 Å². The second kappa shape index (κ2) is 9.32. The zero-order valence-electron chi connectivity index (χ0n) is 23.2. The van der Waals surface area contributed by atoms with Crippen LogP contribution >= 0.6 is 0 Å². The van der Waals surface area contributed by atoms with Gasteiger partial charge in [-0.05, 0) is 0 Å². The van der Waals surface area contributed by atoms with E-state index < -0.39 is 21.0 Å². The van der Waals surface area contributed by atoms with Crippen LogP contribution < -0.4 is 0 Å². The van der Waals surface area contributed by atoms with Gasteiger partial charge in [0.25, 0.3) is 0 Å². The minimum atomic E-state index is -2.51. The van der Waals surface area contributed by atoms with Gasteiger partial charge in [0.1, 0.15) is 0 Å². The van der Waals surface area contributed by atoms with Gasteiger partial charge >= 0.3 is 227 Å². The Morgan fingerprint density at radius 1 is 0.694 bits per heavy atom. The third kappa shape index (κ3) is 4.53. The summed E-state index contributed by atoms with van der Waals surface area (Å²) in [5.74, 6) is 0. The molecule has 0 saturated carbocycles. The maximum atomic E-state index is 2.58. The predicted octanol–water partition coefficient (Wildman–Crippen LogP) is 9.62. The SMILES string of the molecule is C[C](C)=[Hf]([CH]1C=CC=C1c1ccccc1)[CH]1c2cc(C(C)(C)C)ccc2-c2ccc(C(C)(C)C)cc21. The summed E-state index contributed by atoms with van der Waals surface area (Å²) in [7, 11) is 0. The third-order valence-electron chi connectivity index (χ3n) is 7.99. The molecule has 0 aromatic heterocycles. The first-order valence-electron chi connectivity index (χ1n) is 13.4. The van der Waals surface area contributed by atoms with Crippen LogP contribution in [0.3, 0.4) is 0 Å². The Morgan fingerprint density at radius 3 is 1.69 bits per heavy atom. The van der Waals surface area contributed by atoms with E-state index in [0.29, 0.717) is 7.35 Å². The van der Waals surface area contributed by atoms with Gasteiger partial charge in [0, 0.05) is 0 Å². The van der Waals surface area contributed by atoms with Crippen molar-refractivity contribution in [2.24, 2.45) is 0 Å². The molecule has 5 rings (SSSR count). The van der Waals surface area contributed by atoms with E-state index in [1.165, 1.54) is 33.4 Å². The molecule has 0 fully saturated rings. The Balaban J connectivity index is 1.74. The van der Waals surface area contributed by atoms with E-state index in [2.05, 4.69) is 140 Å². The zero-order chi connectivity index (χ0) is 25.8. The quantitative estimate of drug-likeness (QED) is 0.251. The summed E-state index contributed by atoms with van der Waals surface area (Å²) in [6, 6.07) is 25.9. The Hall–Kier alpha value is -2.12. The summed E-state index contributed by atoms with van der Waals surface area (Å²) in [5.41, 5.74) is 12.3. The van der Waals surface area contributed by atoms with Crippen LogP contribution in [0.5, 0.6) is 0 Å². The van der Waals surface area contributed by atoms with E-state index in [1.54, 1.807) is 14.4 Å². The van der Waals surface area contributed by atoms with Crippen LogP contribution in [0.2, 0.25) is 3.67 Å². The molecule has 36 heavy (non-hydrogen) atoms. The fourth-order valence-electron chi connectivity index (χ4n) is 5.96. The van der Waals surface area contributed by atoms with Gasteiger partial charge < -0.3 is 0 Å². The predicted molar refractivity (Wildman–Crippen MR) is 155 cm³/mol. The van der Waals surface area contributed by atoms with Gasteiger partial charge in [-0.2, -0.15) is 0 Å². The van der Waals surface area contributed by atoms with Crippen LogP contribution in [0.4, 0.5) is 0 Å². The Kier molecular flexibility index (Phi) is 6.61. The average molecular weight is 639 g/mol. The van der Waals surface area contributed by atoms with Crippen LogP contribution in [0.25, 0.3) is 16.7 Å². The fraction of sp³-hybridized carbons (Fsp3) is 0.343. The average Bonchev–Trinajstić information content (AvgIpc) is 3.42. The van der Waals surface area contributed by atoms with Crippen molar-refractivity contribution in [2.75, 3.05) is 0 Å². The Labute approximate surface area is 226 Å². The molecular weight excluding hydrogens is 599 g/mol. The normalized spacial score (nSPS) is 17.1. The van der Waals surface area contributed by atoms with E-state index in [1.807, 2.05) is 0 Å².